The zero-order valence-electron chi connectivity index (χ0n) is 10.4. The molecule has 4 nitrogen and oxygen atoms in total. The summed E-state index contributed by atoms with van der Waals surface area (Å²) in [6.45, 7) is 3.70. The Morgan fingerprint density at radius 2 is 2.22 bits per heavy atom. The zero-order chi connectivity index (χ0) is 13.9. The van der Waals surface area contributed by atoms with Gasteiger partial charge in [0.15, 0.2) is 5.82 Å². The number of methoxy groups -OCH3 is 1. The first-order valence-corrected chi connectivity index (χ1v) is 6.36. The standard InChI is InChI=1S/C12H15BrFNO3/c1-4-7(2)10(12(17)18-3)15-6-8(13)5-9(14)11(15)16/h5-7,10H,4H2,1-3H3. The molecule has 0 aliphatic carbocycles. The maximum absolute atomic E-state index is 13.4. The quantitative estimate of drug-likeness (QED) is 0.801. The van der Waals surface area contributed by atoms with Gasteiger partial charge in [-0.2, -0.15) is 0 Å². The van der Waals surface area contributed by atoms with Gasteiger partial charge in [-0.05, 0) is 27.9 Å². The van der Waals surface area contributed by atoms with Crippen molar-refractivity contribution in [2.75, 3.05) is 7.11 Å². The van der Waals surface area contributed by atoms with E-state index >= 15 is 0 Å². The Bertz CT molecular complexity index is 501. The first-order valence-electron chi connectivity index (χ1n) is 5.57. The van der Waals surface area contributed by atoms with Crippen LogP contribution in [-0.2, 0) is 9.53 Å². The fraction of sp³-hybridized carbons (Fsp3) is 0.500. The van der Waals surface area contributed by atoms with Crippen molar-refractivity contribution in [1.82, 2.24) is 4.57 Å². The van der Waals surface area contributed by atoms with E-state index in [1.807, 2.05) is 13.8 Å². The average Bonchev–Trinajstić information content (AvgIpc) is 2.34. The van der Waals surface area contributed by atoms with Crippen molar-refractivity contribution in [2.45, 2.75) is 26.3 Å². The van der Waals surface area contributed by atoms with Crippen molar-refractivity contribution in [2.24, 2.45) is 5.92 Å². The van der Waals surface area contributed by atoms with Crippen LogP contribution in [-0.4, -0.2) is 17.6 Å². The molecule has 0 aromatic carbocycles. The number of hydrogen-bond donors (Lipinski definition) is 0. The molecular weight excluding hydrogens is 305 g/mol. The highest BCUT2D eigenvalue weighted by Gasteiger charge is 2.28. The summed E-state index contributed by atoms with van der Waals surface area (Å²) in [6, 6.07) is 0.253. The van der Waals surface area contributed by atoms with Gasteiger partial charge in [-0.15, -0.1) is 0 Å². The molecule has 0 saturated heterocycles. The Kier molecular flexibility index (Phi) is 5.07. The monoisotopic (exact) mass is 319 g/mol. The first kappa shape index (κ1) is 14.9. The van der Waals surface area contributed by atoms with E-state index in [1.54, 1.807) is 0 Å². The minimum Gasteiger partial charge on any atom is -0.467 e. The molecule has 1 heterocycles. The van der Waals surface area contributed by atoms with E-state index in [1.165, 1.54) is 13.3 Å². The molecule has 1 rings (SSSR count). The summed E-state index contributed by atoms with van der Waals surface area (Å²) in [6.07, 6.45) is 2.07. The van der Waals surface area contributed by atoms with Crippen LogP contribution >= 0.6 is 15.9 Å². The van der Waals surface area contributed by atoms with Crippen LogP contribution in [0.2, 0.25) is 0 Å². The number of pyridine rings is 1. The van der Waals surface area contributed by atoms with Gasteiger partial charge in [-0.3, -0.25) is 9.36 Å². The summed E-state index contributed by atoms with van der Waals surface area (Å²) in [4.78, 5) is 23.5. The van der Waals surface area contributed by atoms with Gasteiger partial charge in [0.25, 0.3) is 5.56 Å². The number of carbonyl (C=O) groups excluding carboxylic acids is 1. The molecule has 0 aliphatic heterocycles. The maximum Gasteiger partial charge on any atom is 0.329 e. The van der Waals surface area contributed by atoms with Crippen LogP contribution in [0.5, 0.6) is 0 Å². The predicted octanol–water partition coefficient (Wildman–Crippen LogP) is 2.51. The molecule has 0 N–H and O–H groups in total. The van der Waals surface area contributed by atoms with Gasteiger partial charge in [-0.25, -0.2) is 9.18 Å². The molecule has 1 aromatic rings. The summed E-state index contributed by atoms with van der Waals surface area (Å²) in [5, 5.41) is 0. The van der Waals surface area contributed by atoms with Gasteiger partial charge in [0, 0.05) is 10.7 Å². The molecule has 18 heavy (non-hydrogen) atoms. The molecule has 0 saturated carbocycles. The fourth-order valence-corrected chi connectivity index (χ4v) is 2.13. The van der Waals surface area contributed by atoms with Crippen molar-refractivity contribution in [3.05, 3.63) is 32.9 Å². The number of hydrogen-bond acceptors (Lipinski definition) is 3. The normalized spacial score (nSPS) is 14.1. The molecule has 1 aromatic heterocycles. The van der Waals surface area contributed by atoms with Crippen molar-refractivity contribution in [1.29, 1.82) is 0 Å². The Balaban J connectivity index is 3.38. The lowest BCUT2D eigenvalue weighted by atomic mass is 9.99. The topological polar surface area (TPSA) is 48.3 Å². The van der Waals surface area contributed by atoms with Crippen molar-refractivity contribution in [3.8, 4) is 0 Å². The van der Waals surface area contributed by atoms with E-state index in [2.05, 4.69) is 20.7 Å². The Hall–Kier alpha value is -1.17. The fourth-order valence-electron chi connectivity index (χ4n) is 1.71. The summed E-state index contributed by atoms with van der Waals surface area (Å²) < 4.78 is 19.6. The van der Waals surface area contributed by atoms with Crippen LogP contribution in [0.25, 0.3) is 0 Å². The third-order valence-electron chi connectivity index (χ3n) is 2.89. The Morgan fingerprint density at radius 1 is 1.61 bits per heavy atom. The molecule has 0 amide bonds. The summed E-state index contributed by atoms with van der Waals surface area (Å²) in [5.41, 5.74) is -0.825. The third kappa shape index (κ3) is 2.98. The van der Waals surface area contributed by atoms with Crippen LogP contribution in [0.1, 0.15) is 26.3 Å². The van der Waals surface area contributed by atoms with Crippen LogP contribution in [0.15, 0.2) is 21.5 Å². The van der Waals surface area contributed by atoms with Gasteiger partial charge in [-0.1, -0.05) is 20.3 Å². The number of rotatable bonds is 4. The van der Waals surface area contributed by atoms with E-state index in [4.69, 9.17) is 0 Å². The largest absolute Gasteiger partial charge is 0.467 e. The molecular formula is C12H15BrFNO3. The highest BCUT2D eigenvalue weighted by atomic mass is 79.9. The SMILES string of the molecule is CCC(C)C(C(=O)OC)n1cc(Br)cc(F)c1=O. The first-order chi connectivity index (χ1) is 8.42. The van der Waals surface area contributed by atoms with Crippen molar-refractivity contribution < 1.29 is 13.9 Å². The molecule has 0 fully saturated rings. The van der Waals surface area contributed by atoms with E-state index in [0.717, 1.165) is 10.6 Å². The highest BCUT2D eigenvalue weighted by molar-refractivity contribution is 9.10. The smallest absolute Gasteiger partial charge is 0.329 e. The summed E-state index contributed by atoms with van der Waals surface area (Å²) in [7, 11) is 1.25. The van der Waals surface area contributed by atoms with Gasteiger partial charge in [0.1, 0.15) is 6.04 Å². The Morgan fingerprint density at radius 3 is 2.72 bits per heavy atom. The van der Waals surface area contributed by atoms with Crippen LogP contribution in [0.3, 0.4) is 0 Å². The summed E-state index contributed by atoms with van der Waals surface area (Å²) in [5.74, 6) is -1.59. The second-order valence-corrected chi connectivity index (χ2v) is 4.99. The average molecular weight is 320 g/mol. The number of nitrogens with zero attached hydrogens (tertiary/aromatic N) is 1. The second kappa shape index (κ2) is 6.13. The van der Waals surface area contributed by atoms with E-state index in [9.17, 15) is 14.0 Å². The number of esters is 1. The number of halogens is 2. The third-order valence-corrected chi connectivity index (χ3v) is 3.32. The number of ether oxygens (including phenoxy) is 1. The zero-order valence-corrected chi connectivity index (χ0v) is 12.0. The lowest BCUT2D eigenvalue weighted by Gasteiger charge is -2.23. The van der Waals surface area contributed by atoms with E-state index in [0.29, 0.717) is 10.9 Å². The van der Waals surface area contributed by atoms with Crippen LogP contribution in [0.4, 0.5) is 4.39 Å². The molecule has 6 heteroatoms. The second-order valence-electron chi connectivity index (χ2n) is 4.07. The lowest BCUT2D eigenvalue weighted by molar-refractivity contribution is -0.146. The van der Waals surface area contributed by atoms with Gasteiger partial charge < -0.3 is 4.74 Å². The molecule has 0 aliphatic rings. The molecule has 0 bridgehead atoms. The van der Waals surface area contributed by atoms with E-state index in [-0.39, 0.29) is 5.92 Å². The molecule has 0 radical (unpaired) electrons. The lowest BCUT2D eigenvalue weighted by Crippen LogP contribution is -2.35. The Labute approximate surface area is 113 Å². The van der Waals surface area contributed by atoms with Crippen molar-refractivity contribution in [3.63, 3.8) is 0 Å². The molecule has 0 spiro atoms. The predicted molar refractivity (Wildman–Crippen MR) is 68.9 cm³/mol. The maximum atomic E-state index is 13.4. The molecule has 100 valence electrons. The minimum absolute atomic E-state index is 0.135. The number of carbonyl (C=O) groups is 1. The van der Waals surface area contributed by atoms with E-state index < -0.39 is 23.4 Å². The molecule has 2 atom stereocenters. The van der Waals surface area contributed by atoms with Gasteiger partial charge >= 0.3 is 5.97 Å². The van der Waals surface area contributed by atoms with Crippen LogP contribution < -0.4 is 5.56 Å². The van der Waals surface area contributed by atoms with Crippen LogP contribution in [0, 0.1) is 11.7 Å². The van der Waals surface area contributed by atoms with Gasteiger partial charge in [0.2, 0.25) is 0 Å². The number of aromatic nitrogens is 1. The van der Waals surface area contributed by atoms with Crippen molar-refractivity contribution >= 4 is 21.9 Å². The summed E-state index contributed by atoms with van der Waals surface area (Å²) >= 11 is 3.11. The minimum atomic E-state index is -0.901. The molecule has 2 unspecified atom stereocenters. The highest BCUT2D eigenvalue weighted by Crippen LogP contribution is 2.22. The van der Waals surface area contributed by atoms with Gasteiger partial charge in [0.05, 0.1) is 7.11 Å².